The van der Waals surface area contributed by atoms with E-state index in [9.17, 15) is 4.79 Å². The van der Waals surface area contributed by atoms with Crippen molar-refractivity contribution < 1.29 is 13.6 Å². The molecular formula is C22H16ClN3O3. The second-order valence-electron chi connectivity index (χ2n) is 6.94. The summed E-state index contributed by atoms with van der Waals surface area (Å²) < 4.78 is 10.8. The number of benzene rings is 1. The number of hydrogen-bond acceptors (Lipinski definition) is 5. The lowest BCUT2D eigenvalue weighted by Crippen LogP contribution is -2.27. The lowest BCUT2D eigenvalue weighted by molar-refractivity contribution is 0.0678. The molecule has 0 fully saturated rings. The molecule has 1 amide bonds. The molecule has 0 bridgehead atoms. The number of fused-ring (bicyclic) bond motifs is 1. The molecule has 3 aromatic heterocycles. The van der Waals surface area contributed by atoms with Crippen LogP contribution in [0.5, 0.6) is 0 Å². The lowest BCUT2D eigenvalue weighted by Gasteiger charge is -2.22. The van der Waals surface area contributed by atoms with Crippen LogP contribution in [0.25, 0.3) is 10.9 Å². The van der Waals surface area contributed by atoms with Crippen LogP contribution in [0.2, 0.25) is 5.15 Å². The third-order valence-corrected chi connectivity index (χ3v) is 5.27. The second-order valence-corrected chi connectivity index (χ2v) is 7.29. The number of carbonyl (C=O) groups is 1. The monoisotopic (exact) mass is 405 g/mol. The van der Waals surface area contributed by atoms with Crippen LogP contribution in [-0.4, -0.2) is 21.6 Å². The van der Waals surface area contributed by atoms with E-state index in [1.807, 2.05) is 37.3 Å². The molecule has 144 valence electrons. The van der Waals surface area contributed by atoms with Gasteiger partial charge in [-0.1, -0.05) is 23.2 Å². The SMILES string of the molecule is Cc1ccc2nc(Cl)c(C3CC(c4ccco4)=NN3C(=O)c3ccco3)cc2c1. The van der Waals surface area contributed by atoms with Crippen LogP contribution in [0.15, 0.2) is 75.0 Å². The van der Waals surface area contributed by atoms with Gasteiger partial charge >= 0.3 is 5.91 Å². The number of pyridine rings is 1. The van der Waals surface area contributed by atoms with Crippen molar-refractivity contribution in [1.82, 2.24) is 9.99 Å². The molecule has 29 heavy (non-hydrogen) atoms. The number of rotatable bonds is 3. The van der Waals surface area contributed by atoms with Crippen LogP contribution in [0.1, 0.15) is 39.9 Å². The van der Waals surface area contributed by atoms with Crippen LogP contribution >= 0.6 is 11.6 Å². The summed E-state index contributed by atoms with van der Waals surface area (Å²) in [5.74, 6) is 0.479. The first-order valence-electron chi connectivity index (χ1n) is 9.15. The minimum atomic E-state index is -0.419. The molecular weight excluding hydrogens is 390 g/mol. The molecule has 0 spiro atoms. The van der Waals surface area contributed by atoms with Crippen LogP contribution in [-0.2, 0) is 0 Å². The van der Waals surface area contributed by atoms with Gasteiger partial charge in [0, 0.05) is 17.4 Å². The summed E-state index contributed by atoms with van der Waals surface area (Å²) in [6.07, 6.45) is 3.50. The quantitative estimate of drug-likeness (QED) is 0.429. The van der Waals surface area contributed by atoms with Crippen LogP contribution in [0, 0.1) is 6.92 Å². The van der Waals surface area contributed by atoms with E-state index in [2.05, 4.69) is 10.1 Å². The molecule has 1 aromatic carbocycles. The maximum Gasteiger partial charge on any atom is 0.310 e. The van der Waals surface area contributed by atoms with Gasteiger partial charge in [-0.05, 0) is 49.4 Å². The third-order valence-electron chi connectivity index (χ3n) is 4.97. The Kier molecular flexibility index (Phi) is 4.21. The first-order valence-corrected chi connectivity index (χ1v) is 9.53. The predicted molar refractivity (Wildman–Crippen MR) is 109 cm³/mol. The minimum absolute atomic E-state index is 0.208. The van der Waals surface area contributed by atoms with Crippen LogP contribution in [0.4, 0.5) is 0 Å². The first-order chi connectivity index (χ1) is 14.1. The highest BCUT2D eigenvalue weighted by molar-refractivity contribution is 6.30. The number of furan rings is 2. The van der Waals surface area contributed by atoms with Gasteiger partial charge in [0.1, 0.15) is 16.6 Å². The van der Waals surface area contributed by atoms with E-state index in [4.69, 9.17) is 20.4 Å². The summed E-state index contributed by atoms with van der Waals surface area (Å²) in [7, 11) is 0. The van der Waals surface area contributed by atoms with Crippen molar-refractivity contribution in [3.8, 4) is 0 Å². The van der Waals surface area contributed by atoms with Gasteiger partial charge < -0.3 is 8.83 Å². The Bertz CT molecular complexity index is 1230. The van der Waals surface area contributed by atoms with Gasteiger partial charge in [0.2, 0.25) is 0 Å². The van der Waals surface area contributed by atoms with Gasteiger partial charge in [-0.2, -0.15) is 5.10 Å². The van der Waals surface area contributed by atoms with Crippen LogP contribution < -0.4 is 0 Å². The molecule has 5 rings (SSSR count). The molecule has 1 unspecified atom stereocenters. The maximum absolute atomic E-state index is 13.1. The van der Waals surface area contributed by atoms with Gasteiger partial charge in [-0.25, -0.2) is 9.99 Å². The van der Waals surface area contributed by atoms with E-state index in [0.717, 1.165) is 22.0 Å². The predicted octanol–water partition coefficient (Wildman–Crippen LogP) is 5.37. The van der Waals surface area contributed by atoms with Gasteiger partial charge in [-0.15, -0.1) is 0 Å². The molecule has 1 aliphatic heterocycles. The fraction of sp³-hybridized carbons (Fsp3) is 0.136. The number of hydrazone groups is 1. The maximum atomic E-state index is 13.1. The Hall–Kier alpha value is -3.38. The molecule has 7 heteroatoms. The normalized spacial score (nSPS) is 16.4. The topological polar surface area (TPSA) is 71.8 Å². The van der Waals surface area contributed by atoms with E-state index in [0.29, 0.717) is 23.0 Å². The fourth-order valence-corrected chi connectivity index (χ4v) is 3.84. The number of amides is 1. The summed E-state index contributed by atoms with van der Waals surface area (Å²) in [6.45, 7) is 2.02. The van der Waals surface area contributed by atoms with Crippen molar-refractivity contribution in [1.29, 1.82) is 0 Å². The Morgan fingerprint density at radius 3 is 2.72 bits per heavy atom. The lowest BCUT2D eigenvalue weighted by atomic mass is 10.00. The van der Waals surface area contributed by atoms with E-state index in [1.165, 1.54) is 11.3 Å². The van der Waals surface area contributed by atoms with Crippen LogP contribution in [0.3, 0.4) is 0 Å². The minimum Gasteiger partial charge on any atom is -0.463 e. The van der Waals surface area contributed by atoms with Gasteiger partial charge in [0.25, 0.3) is 0 Å². The number of hydrogen-bond donors (Lipinski definition) is 0. The molecule has 0 aliphatic carbocycles. The Morgan fingerprint density at radius 2 is 1.97 bits per heavy atom. The zero-order chi connectivity index (χ0) is 20.0. The first kappa shape index (κ1) is 17.7. The summed E-state index contributed by atoms with van der Waals surface area (Å²) in [4.78, 5) is 17.6. The highest BCUT2D eigenvalue weighted by Crippen LogP contribution is 2.38. The number of aryl methyl sites for hydroxylation is 1. The Morgan fingerprint density at radius 1 is 1.14 bits per heavy atom. The molecule has 0 N–H and O–H groups in total. The summed E-state index contributed by atoms with van der Waals surface area (Å²) in [6, 6.07) is 14.4. The molecule has 6 nitrogen and oxygen atoms in total. The second kappa shape index (κ2) is 6.90. The van der Waals surface area contributed by atoms with Crippen molar-refractivity contribution in [3.05, 3.63) is 88.9 Å². The number of halogens is 1. The van der Waals surface area contributed by atoms with Crippen molar-refractivity contribution in [2.45, 2.75) is 19.4 Å². The molecule has 0 radical (unpaired) electrons. The molecule has 4 aromatic rings. The summed E-state index contributed by atoms with van der Waals surface area (Å²) >= 11 is 6.54. The third kappa shape index (κ3) is 3.11. The van der Waals surface area contributed by atoms with Crippen molar-refractivity contribution in [2.24, 2.45) is 5.10 Å². The zero-order valence-electron chi connectivity index (χ0n) is 15.5. The Balaban J connectivity index is 1.61. The molecule has 0 saturated carbocycles. The van der Waals surface area contributed by atoms with Crippen molar-refractivity contribution in [2.75, 3.05) is 0 Å². The smallest absolute Gasteiger partial charge is 0.310 e. The summed E-state index contributed by atoms with van der Waals surface area (Å²) in [5, 5.41) is 7.25. The van der Waals surface area contributed by atoms with Gasteiger partial charge in [0.15, 0.2) is 5.76 Å². The van der Waals surface area contributed by atoms with E-state index in [-0.39, 0.29) is 11.7 Å². The summed E-state index contributed by atoms with van der Waals surface area (Å²) in [5.41, 5.74) is 3.32. The fourth-order valence-electron chi connectivity index (χ4n) is 3.57. The van der Waals surface area contributed by atoms with Crippen molar-refractivity contribution in [3.63, 3.8) is 0 Å². The average molecular weight is 406 g/mol. The molecule has 4 heterocycles. The molecule has 1 aliphatic rings. The highest BCUT2D eigenvalue weighted by atomic mass is 35.5. The molecule has 1 atom stereocenters. The number of nitrogens with zero attached hydrogens (tertiary/aromatic N) is 3. The molecule has 0 saturated heterocycles. The number of aromatic nitrogens is 1. The zero-order valence-corrected chi connectivity index (χ0v) is 16.3. The number of carbonyl (C=O) groups excluding carboxylic acids is 1. The highest BCUT2D eigenvalue weighted by Gasteiger charge is 2.37. The van der Waals surface area contributed by atoms with E-state index >= 15 is 0 Å². The van der Waals surface area contributed by atoms with Gasteiger partial charge in [0.05, 0.1) is 24.1 Å². The van der Waals surface area contributed by atoms with Crippen molar-refractivity contribution >= 4 is 34.1 Å². The average Bonchev–Trinajstić information content (AvgIpc) is 3.48. The van der Waals surface area contributed by atoms with E-state index in [1.54, 1.807) is 24.5 Å². The van der Waals surface area contributed by atoms with E-state index < -0.39 is 6.04 Å². The van der Waals surface area contributed by atoms with Gasteiger partial charge in [-0.3, -0.25) is 4.79 Å². The largest absolute Gasteiger partial charge is 0.463 e. The standard InChI is InChI=1S/C22H16ClN3O3/c1-13-6-7-16-14(10-13)11-15(21(23)24-16)18-12-17(19-4-2-8-28-19)25-26(18)22(27)20-5-3-9-29-20/h2-11,18H,12H2,1H3. The Labute approximate surface area is 171 Å².